The molecule has 4 nitrogen and oxygen atoms in total. The van der Waals surface area contributed by atoms with Gasteiger partial charge in [0.1, 0.15) is 0 Å². The number of unbranched alkanes of at least 4 members (excludes halogenated alkanes) is 1. The molecule has 1 N–H and O–H groups in total. The summed E-state index contributed by atoms with van der Waals surface area (Å²) in [6.07, 6.45) is 4.91. The zero-order valence-corrected chi connectivity index (χ0v) is 13.3. The van der Waals surface area contributed by atoms with E-state index in [0.717, 1.165) is 30.7 Å². The van der Waals surface area contributed by atoms with Crippen LogP contribution in [0.5, 0.6) is 0 Å². The molecule has 3 rings (SSSR count). The van der Waals surface area contributed by atoms with Crippen molar-refractivity contribution in [2.24, 2.45) is 5.10 Å². The topological polar surface area (TPSA) is 46.0 Å². The largest absolute Gasteiger partial charge is 0.250 e. The van der Waals surface area contributed by atoms with Gasteiger partial charge in [0.15, 0.2) is 5.82 Å². The highest BCUT2D eigenvalue weighted by molar-refractivity contribution is 7.71. The minimum absolute atomic E-state index is 0.530. The number of rotatable bonds is 5. The molecule has 2 aromatic carbocycles. The lowest BCUT2D eigenvalue weighted by molar-refractivity contribution is 0.700. The first kappa shape index (κ1) is 14.7. The standard InChI is InChI=1S/C17H18N4S/c1-2-3-11-16-19-20-17(22)21(16)18-12-14-9-6-8-13-7-4-5-10-15(13)14/h4-10,12H,2-3,11H2,1H3,(H,20,22)/b18-12-. The summed E-state index contributed by atoms with van der Waals surface area (Å²) in [5, 5.41) is 14.0. The molecular weight excluding hydrogens is 292 g/mol. The van der Waals surface area contributed by atoms with Gasteiger partial charge in [-0.15, -0.1) is 0 Å². The Balaban J connectivity index is 1.97. The molecule has 1 heterocycles. The number of aromatic nitrogens is 3. The first-order valence-electron chi connectivity index (χ1n) is 7.48. The van der Waals surface area contributed by atoms with Gasteiger partial charge in [0, 0.05) is 12.0 Å². The van der Waals surface area contributed by atoms with E-state index >= 15 is 0 Å². The van der Waals surface area contributed by atoms with Crippen LogP contribution in [0.2, 0.25) is 0 Å². The second kappa shape index (κ2) is 6.66. The van der Waals surface area contributed by atoms with Gasteiger partial charge in [-0.1, -0.05) is 55.8 Å². The minimum Gasteiger partial charge on any atom is -0.250 e. The number of nitrogens with zero attached hydrogens (tertiary/aromatic N) is 3. The molecule has 0 unspecified atom stereocenters. The van der Waals surface area contributed by atoms with Crippen molar-refractivity contribution >= 4 is 29.2 Å². The number of H-pyrrole nitrogens is 1. The average Bonchev–Trinajstić information content (AvgIpc) is 2.91. The minimum atomic E-state index is 0.530. The second-order valence-electron chi connectivity index (χ2n) is 5.17. The van der Waals surface area contributed by atoms with Crippen LogP contribution in [0.25, 0.3) is 10.8 Å². The van der Waals surface area contributed by atoms with E-state index in [1.165, 1.54) is 10.8 Å². The van der Waals surface area contributed by atoms with Gasteiger partial charge in [0.05, 0.1) is 6.21 Å². The highest BCUT2D eigenvalue weighted by Gasteiger charge is 2.04. The molecule has 0 atom stereocenters. The van der Waals surface area contributed by atoms with Gasteiger partial charge >= 0.3 is 0 Å². The first-order valence-corrected chi connectivity index (χ1v) is 7.89. The molecule has 112 valence electrons. The third-order valence-corrected chi connectivity index (χ3v) is 3.87. The predicted octanol–water partition coefficient (Wildman–Crippen LogP) is 4.32. The summed E-state index contributed by atoms with van der Waals surface area (Å²) in [5.74, 6) is 0.878. The Hall–Kier alpha value is -2.27. The summed E-state index contributed by atoms with van der Waals surface area (Å²) in [4.78, 5) is 0. The third kappa shape index (κ3) is 2.99. The Labute approximate surface area is 134 Å². The van der Waals surface area contributed by atoms with Crippen LogP contribution in [-0.2, 0) is 6.42 Å². The van der Waals surface area contributed by atoms with E-state index in [0.29, 0.717) is 4.77 Å². The monoisotopic (exact) mass is 310 g/mol. The van der Waals surface area contributed by atoms with Crippen LogP contribution in [0, 0.1) is 4.77 Å². The van der Waals surface area contributed by atoms with Crippen LogP contribution in [0.3, 0.4) is 0 Å². The van der Waals surface area contributed by atoms with Crippen molar-refractivity contribution in [2.75, 3.05) is 0 Å². The Bertz CT molecular complexity index is 855. The molecular formula is C17H18N4S. The number of hydrogen-bond donors (Lipinski definition) is 1. The lowest BCUT2D eigenvalue weighted by Crippen LogP contribution is -1.99. The number of hydrogen-bond acceptors (Lipinski definition) is 3. The molecule has 1 aromatic heterocycles. The number of fused-ring (bicyclic) bond motifs is 1. The lowest BCUT2D eigenvalue weighted by Gasteiger charge is -2.02. The van der Waals surface area contributed by atoms with Gasteiger partial charge in [0.25, 0.3) is 0 Å². The van der Waals surface area contributed by atoms with Gasteiger partial charge in [0.2, 0.25) is 4.77 Å². The molecule has 0 aliphatic heterocycles. The maximum absolute atomic E-state index is 5.27. The lowest BCUT2D eigenvalue weighted by atomic mass is 10.1. The fraction of sp³-hybridized carbons (Fsp3) is 0.235. The smallest absolute Gasteiger partial charge is 0.216 e. The maximum atomic E-state index is 5.27. The number of aromatic amines is 1. The molecule has 3 aromatic rings. The molecule has 0 aliphatic carbocycles. The Morgan fingerprint density at radius 2 is 2.05 bits per heavy atom. The second-order valence-corrected chi connectivity index (χ2v) is 5.56. The van der Waals surface area contributed by atoms with Gasteiger partial charge in [-0.3, -0.25) is 5.10 Å². The Kier molecular flexibility index (Phi) is 4.44. The van der Waals surface area contributed by atoms with Gasteiger partial charge in [-0.2, -0.15) is 14.9 Å². The van der Waals surface area contributed by atoms with Crippen molar-refractivity contribution in [2.45, 2.75) is 26.2 Å². The van der Waals surface area contributed by atoms with Crippen LogP contribution in [0.15, 0.2) is 47.6 Å². The predicted molar refractivity (Wildman–Crippen MR) is 93.0 cm³/mol. The third-order valence-electron chi connectivity index (χ3n) is 3.61. The molecule has 0 spiro atoms. The maximum Gasteiger partial charge on any atom is 0.216 e. The highest BCUT2D eigenvalue weighted by Crippen LogP contribution is 2.17. The summed E-state index contributed by atoms with van der Waals surface area (Å²) in [6.45, 7) is 2.16. The SMILES string of the molecule is CCCCc1n[nH]c(=S)n1/N=C\c1cccc2ccccc12. The van der Waals surface area contributed by atoms with E-state index in [4.69, 9.17) is 12.2 Å². The van der Waals surface area contributed by atoms with Gasteiger partial charge < -0.3 is 0 Å². The molecule has 0 saturated heterocycles. The molecule has 0 bridgehead atoms. The van der Waals surface area contributed by atoms with Crippen LogP contribution < -0.4 is 0 Å². The van der Waals surface area contributed by atoms with Crippen LogP contribution in [0.4, 0.5) is 0 Å². The molecule has 0 radical (unpaired) electrons. The van der Waals surface area contributed by atoms with Crippen LogP contribution >= 0.6 is 12.2 Å². The van der Waals surface area contributed by atoms with Crippen LogP contribution in [0.1, 0.15) is 31.2 Å². The summed E-state index contributed by atoms with van der Waals surface area (Å²) < 4.78 is 2.25. The molecule has 0 amide bonds. The zero-order chi connectivity index (χ0) is 15.4. The first-order chi connectivity index (χ1) is 10.8. The normalized spacial score (nSPS) is 11.5. The Morgan fingerprint density at radius 3 is 2.91 bits per heavy atom. The highest BCUT2D eigenvalue weighted by atomic mass is 32.1. The van der Waals surface area contributed by atoms with Crippen molar-refractivity contribution in [1.82, 2.24) is 14.9 Å². The van der Waals surface area contributed by atoms with Crippen molar-refractivity contribution in [3.8, 4) is 0 Å². The van der Waals surface area contributed by atoms with E-state index in [9.17, 15) is 0 Å². The Morgan fingerprint density at radius 1 is 1.23 bits per heavy atom. The molecule has 0 aliphatic rings. The fourth-order valence-corrected chi connectivity index (χ4v) is 2.62. The van der Waals surface area contributed by atoms with Crippen molar-refractivity contribution < 1.29 is 0 Å². The molecule has 0 saturated carbocycles. The van der Waals surface area contributed by atoms with E-state index in [2.05, 4.69) is 46.5 Å². The van der Waals surface area contributed by atoms with E-state index in [1.54, 1.807) is 4.68 Å². The summed E-state index contributed by atoms with van der Waals surface area (Å²) in [5.41, 5.74) is 1.07. The van der Waals surface area contributed by atoms with E-state index in [-0.39, 0.29) is 0 Å². The molecule has 5 heteroatoms. The van der Waals surface area contributed by atoms with Gasteiger partial charge in [-0.25, -0.2) is 0 Å². The van der Waals surface area contributed by atoms with Crippen molar-refractivity contribution in [3.63, 3.8) is 0 Å². The number of aryl methyl sites for hydroxylation is 1. The number of benzene rings is 2. The fourth-order valence-electron chi connectivity index (χ4n) is 2.42. The average molecular weight is 310 g/mol. The summed E-state index contributed by atoms with van der Waals surface area (Å²) in [7, 11) is 0. The summed E-state index contributed by atoms with van der Waals surface area (Å²) >= 11 is 5.27. The van der Waals surface area contributed by atoms with Crippen molar-refractivity contribution in [3.05, 3.63) is 58.6 Å². The quantitative estimate of drug-likeness (QED) is 0.563. The zero-order valence-electron chi connectivity index (χ0n) is 12.5. The van der Waals surface area contributed by atoms with Crippen molar-refractivity contribution in [1.29, 1.82) is 0 Å². The van der Waals surface area contributed by atoms with Crippen LogP contribution in [-0.4, -0.2) is 21.1 Å². The molecule has 22 heavy (non-hydrogen) atoms. The molecule has 0 fully saturated rings. The van der Waals surface area contributed by atoms with Gasteiger partial charge in [-0.05, 0) is 29.4 Å². The number of nitrogens with one attached hydrogen (secondary N) is 1. The summed E-state index contributed by atoms with van der Waals surface area (Å²) in [6, 6.07) is 14.5. The van der Waals surface area contributed by atoms with E-state index in [1.807, 2.05) is 24.4 Å². The van der Waals surface area contributed by atoms with E-state index < -0.39 is 0 Å².